The van der Waals surface area contributed by atoms with Gasteiger partial charge in [-0.05, 0) is 62.2 Å². The lowest BCUT2D eigenvalue weighted by Gasteiger charge is -2.09. The van der Waals surface area contributed by atoms with E-state index >= 15 is 0 Å². The molecule has 0 radical (unpaired) electrons. The average molecular weight is 396 g/mol. The SMILES string of the molecule is COc1ccc(C(=O)CCCC(=O)Nc2ccc(CC(=O)NC(C)C)cc2)cc1. The summed E-state index contributed by atoms with van der Waals surface area (Å²) >= 11 is 0. The van der Waals surface area contributed by atoms with Crippen LogP contribution in [0.4, 0.5) is 5.69 Å². The molecule has 0 spiro atoms. The van der Waals surface area contributed by atoms with E-state index in [1.54, 1.807) is 43.5 Å². The predicted molar refractivity (Wildman–Crippen MR) is 113 cm³/mol. The molecule has 0 saturated carbocycles. The van der Waals surface area contributed by atoms with Crippen molar-refractivity contribution < 1.29 is 19.1 Å². The summed E-state index contributed by atoms with van der Waals surface area (Å²) in [6.07, 6.45) is 1.36. The summed E-state index contributed by atoms with van der Waals surface area (Å²) in [5, 5.41) is 5.66. The molecule has 0 fully saturated rings. The van der Waals surface area contributed by atoms with E-state index in [2.05, 4.69) is 10.6 Å². The van der Waals surface area contributed by atoms with Gasteiger partial charge in [-0.3, -0.25) is 14.4 Å². The Morgan fingerprint density at radius 2 is 1.55 bits per heavy atom. The number of carbonyl (C=O) groups excluding carboxylic acids is 3. The van der Waals surface area contributed by atoms with Gasteiger partial charge in [0.05, 0.1) is 13.5 Å². The molecule has 6 nitrogen and oxygen atoms in total. The van der Waals surface area contributed by atoms with Crippen molar-refractivity contribution in [1.82, 2.24) is 5.32 Å². The molecule has 0 aliphatic carbocycles. The summed E-state index contributed by atoms with van der Waals surface area (Å²) < 4.78 is 5.08. The molecule has 2 amide bonds. The van der Waals surface area contributed by atoms with Gasteiger partial charge < -0.3 is 15.4 Å². The number of anilines is 1. The highest BCUT2D eigenvalue weighted by atomic mass is 16.5. The molecule has 0 aromatic heterocycles. The number of carbonyl (C=O) groups is 3. The summed E-state index contributed by atoms with van der Waals surface area (Å²) in [5.41, 5.74) is 2.17. The number of ketones is 1. The zero-order chi connectivity index (χ0) is 21.2. The van der Waals surface area contributed by atoms with Crippen LogP contribution in [0.5, 0.6) is 5.75 Å². The molecule has 2 N–H and O–H groups in total. The first-order valence-electron chi connectivity index (χ1n) is 9.73. The minimum absolute atomic E-state index is 0.00415. The molecule has 0 unspecified atom stereocenters. The van der Waals surface area contributed by atoms with Crippen LogP contribution in [0.25, 0.3) is 0 Å². The van der Waals surface area contributed by atoms with Crippen LogP contribution in [0.2, 0.25) is 0 Å². The third-order valence-electron chi connectivity index (χ3n) is 4.27. The van der Waals surface area contributed by atoms with Crippen LogP contribution in [-0.4, -0.2) is 30.7 Å². The number of nitrogens with one attached hydrogen (secondary N) is 2. The summed E-state index contributed by atoms with van der Waals surface area (Å²) in [5.74, 6) is 0.535. The fourth-order valence-corrected chi connectivity index (χ4v) is 2.82. The molecule has 0 atom stereocenters. The van der Waals surface area contributed by atoms with Crippen molar-refractivity contribution in [2.45, 2.75) is 45.6 Å². The molecule has 0 aliphatic heterocycles. The van der Waals surface area contributed by atoms with Gasteiger partial charge in [-0.25, -0.2) is 0 Å². The highest BCUT2D eigenvalue weighted by Crippen LogP contribution is 2.15. The minimum atomic E-state index is -0.141. The summed E-state index contributed by atoms with van der Waals surface area (Å²) in [7, 11) is 1.58. The van der Waals surface area contributed by atoms with E-state index in [9.17, 15) is 14.4 Å². The van der Waals surface area contributed by atoms with Crippen LogP contribution in [0.15, 0.2) is 48.5 Å². The number of rotatable bonds is 10. The van der Waals surface area contributed by atoms with Gasteiger partial charge in [-0.15, -0.1) is 0 Å². The van der Waals surface area contributed by atoms with Crippen LogP contribution in [0, 0.1) is 0 Å². The zero-order valence-corrected chi connectivity index (χ0v) is 17.2. The Kier molecular flexibility index (Phi) is 8.40. The van der Waals surface area contributed by atoms with Crippen LogP contribution >= 0.6 is 0 Å². The molecular weight excluding hydrogens is 368 g/mol. The van der Waals surface area contributed by atoms with Crippen molar-refractivity contribution in [3.05, 3.63) is 59.7 Å². The fourth-order valence-electron chi connectivity index (χ4n) is 2.82. The second-order valence-corrected chi connectivity index (χ2v) is 7.15. The maximum absolute atomic E-state index is 12.2. The number of ether oxygens (including phenoxy) is 1. The van der Waals surface area contributed by atoms with E-state index in [4.69, 9.17) is 4.74 Å². The lowest BCUT2D eigenvalue weighted by atomic mass is 10.1. The van der Waals surface area contributed by atoms with Crippen LogP contribution in [0.1, 0.15) is 49.0 Å². The molecule has 2 rings (SSSR count). The Hall–Kier alpha value is -3.15. The molecule has 0 bridgehead atoms. The normalized spacial score (nSPS) is 10.5. The standard InChI is InChI=1S/C23H28N2O4/c1-16(2)24-23(28)15-17-7-11-19(12-8-17)25-22(27)6-4-5-21(26)18-9-13-20(29-3)14-10-18/h7-14,16H,4-6,15H2,1-3H3,(H,24,28)(H,25,27). The van der Waals surface area contributed by atoms with Crippen molar-refractivity contribution >= 4 is 23.3 Å². The Bertz CT molecular complexity index is 827. The Morgan fingerprint density at radius 3 is 2.14 bits per heavy atom. The molecule has 2 aromatic rings. The Labute approximate surface area is 171 Å². The quantitative estimate of drug-likeness (QED) is 0.599. The smallest absolute Gasteiger partial charge is 0.224 e. The first kappa shape index (κ1) is 22.1. The number of benzene rings is 2. The topological polar surface area (TPSA) is 84.5 Å². The number of hydrogen-bond acceptors (Lipinski definition) is 4. The van der Waals surface area contributed by atoms with E-state index in [1.165, 1.54) is 0 Å². The third kappa shape index (κ3) is 7.78. The molecule has 0 saturated heterocycles. The van der Waals surface area contributed by atoms with Gasteiger partial charge in [0.25, 0.3) is 0 Å². The molecule has 6 heteroatoms. The molecule has 0 aliphatic rings. The number of amides is 2. The van der Waals surface area contributed by atoms with Crippen molar-refractivity contribution in [1.29, 1.82) is 0 Å². The lowest BCUT2D eigenvalue weighted by molar-refractivity contribution is -0.121. The fraction of sp³-hybridized carbons (Fsp3) is 0.348. The Balaban J connectivity index is 1.74. The predicted octanol–water partition coefficient (Wildman–Crippen LogP) is 3.75. The van der Waals surface area contributed by atoms with Gasteiger partial charge in [0, 0.05) is 30.1 Å². The second kappa shape index (κ2) is 11.0. The maximum atomic E-state index is 12.2. The van der Waals surface area contributed by atoms with E-state index in [1.807, 2.05) is 26.0 Å². The maximum Gasteiger partial charge on any atom is 0.224 e. The van der Waals surface area contributed by atoms with Crippen LogP contribution in [-0.2, 0) is 16.0 Å². The van der Waals surface area contributed by atoms with Crippen molar-refractivity contribution in [3.63, 3.8) is 0 Å². The van der Waals surface area contributed by atoms with Gasteiger partial charge in [-0.1, -0.05) is 12.1 Å². The van der Waals surface area contributed by atoms with Gasteiger partial charge >= 0.3 is 0 Å². The van der Waals surface area contributed by atoms with Crippen LogP contribution in [0.3, 0.4) is 0 Å². The van der Waals surface area contributed by atoms with E-state index in [-0.39, 0.29) is 30.1 Å². The second-order valence-electron chi connectivity index (χ2n) is 7.15. The van der Waals surface area contributed by atoms with E-state index < -0.39 is 0 Å². The molecule has 29 heavy (non-hydrogen) atoms. The number of hydrogen-bond donors (Lipinski definition) is 2. The van der Waals surface area contributed by atoms with Crippen molar-refractivity contribution in [2.24, 2.45) is 0 Å². The first-order chi connectivity index (χ1) is 13.9. The van der Waals surface area contributed by atoms with Crippen LogP contribution < -0.4 is 15.4 Å². The zero-order valence-electron chi connectivity index (χ0n) is 17.2. The number of methoxy groups -OCH3 is 1. The first-order valence-corrected chi connectivity index (χ1v) is 9.73. The minimum Gasteiger partial charge on any atom is -0.497 e. The van der Waals surface area contributed by atoms with Gasteiger partial charge in [0.15, 0.2) is 5.78 Å². The number of Topliss-reactive ketones (excluding diaryl/α,β-unsaturated/α-hetero) is 1. The summed E-state index contributed by atoms with van der Waals surface area (Å²) in [6.45, 7) is 3.84. The Morgan fingerprint density at radius 1 is 0.897 bits per heavy atom. The molecule has 2 aromatic carbocycles. The third-order valence-corrected chi connectivity index (χ3v) is 4.27. The monoisotopic (exact) mass is 396 g/mol. The van der Waals surface area contributed by atoms with E-state index in [0.717, 1.165) is 5.56 Å². The van der Waals surface area contributed by atoms with Gasteiger partial charge in [0.2, 0.25) is 11.8 Å². The highest BCUT2D eigenvalue weighted by Gasteiger charge is 2.09. The molecule has 0 heterocycles. The van der Waals surface area contributed by atoms with Crippen molar-refractivity contribution in [3.8, 4) is 5.75 Å². The average Bonchev–Trinajstić information content (AvgIpc) is 2.69. The summed E-state index contributed by atoms with van der Waals surface area (Å²) in [6, 6.07) is 14.3. The van der Waals surface area contributed by atoms with Gasteiger partial charge in [0.1, 0.15) is 5.75 Å². The van der Waals surface area contributed by atoms with Crippen molar-refractivity contribution in [2.75, 3.05) is 12.4 Å². The molecular formula is C23H28N2O4. The molecule has 154 valence electrons. The lowest BCUT2D eigenvalue weighted by Crippen LogP contribution is -2.31. The largest absolute Gasteiger partial charge is 0.497 e. The highest BCUT2D eigenvalue weighted by molar-refractivity contribution is 5.97. The van der Waals surface area contributed by atoms with E-state index in [0.29, 0.717) is 36.3 Å². The summed E-state index contributed by atoms with van der Waals surface area (Å²) in [4.78, 5) is 36.0. The van der Waals surface area contributed by atoms with Gasteiger partial charge in [-0.2, -0.15) is 0 Å².